The fraction of sp³-hybridized carbons (Fsp3) is 0.938. The summed E-state index contributed by atoms with van der Waals surface area (Å²) in [6, 6.07) is 0. The lowest BCUT2D eigenvalue weighted by Crippen LogP contribution is -2.41. The molecule has 0 aromatic carbocycles. The maximum atomic E-state index is 5.25. The van der Waals surface area contributed by atoms with Crippen LogP contribution in [-0.2, 0) is 4.74 Å². The minimum absolute atomic E-state index is 0.391. The van der Waals surface area contributed by atoms with Crippen molar-refractivity contribution in [2.45, 2.75) is 39.0 Å². The van der Waals surface area contributed by atoms with E-state index in [1.54, 1.807) is 7.11 Å². The molecule has 5 heteroatoms. The number of hydrogen-bond donors (Lipinski definition) is 2. The predicted octanol–water partition coefficient (Wildman–Crippen LogP) is 1.70. The van der Waals surface area contributed by atoms with Crippen molar-refractivity contribution in [2.24, 2.45) is 10.4 Å². The van der Waals surface area contributed by atoms with E-state index in [9.17, 15) is 0 Å². The summed E-state index contributed by atoms with van der Waals surface area (Å²) in [7, 11) is 6.00. The van der Waals surface area contributed by atoms with Crippen LogP contribution in [0.25, 0.3) is 0 Å². The van der Waals surface area contributed by atoms with Crippen molar-refractivity contribution in [1.82, 2.24) is 15.5 Å². The lowest BCUT2D eigenvalue weighted by Gasteiger charge is -2.40. The van der Waals surface area contributed by atoms with Gasteiger partial charge in [-0.25, -0.2) is 0 Å². The van der Waals surface area contributed by atoms with Gasteiger partial charge in [0.1, 0.15) is 0 Å². The topological polar surface area (TPSA) is 48.9 Å². The average Bonchev–Trinajstić information content (AvgIpc) is 2.41. The number of hydrogen-bond acceptors (Lipinski definition) is 3. The number of ether oxygens (including phenoxy) is 1. The Bertz CT molecular complexity index is 301. The molecule has 21 heavy (non-hydrogen) atoms. The quantitative estimate of drug-likeness (QED) is 0.366. The van der Waals surface area contributed by atoms with E-state index >= 15 is 0 Å². The van der Waals surface area contributed by atoms with Crippen LogP contribution in [0.2, 0.25) is 0 Å². The van der Waals surface area contributed by atoms with E-state index in [4.69, 9.17) is 9.73 Å². The van der Waals surface area contributed by atoms with Crippen molar-refractivity contribution in [3.8, 4) is 0 Å². The van der Waals surface area contributed by atoms with Crippen LogP contribution >= 0.6 is 0 Å². The number of nitrogens with zero attached hydrogens (tertiary/aromatic N) is 2. The molecule has 1 aliphatic rings. The second-order valence-electron chi connectivity index (χ2n) is 6.38. The monoisotopic (exact) mass is 298 g/mol. The molecule has 124 valence electrons. The first-order valence-electron chi connectivity index (χ1n) is 8.28. The van der Waals surface area contributed by atoms with Crippen LogP contribution in [0.15, 0.2) is 4.99 Å². The van der Waals surface area contributed by atoms with Crippen LogP contribution in [0.4, 0.5) is 0 Å². The third-order valence-corrected chi connectivity index (χ3v) is 4.24. The first kappa shape index (κ1) is 18.2. The van der Waals surface area contributed by atoms with Crippen LogP contribution in [0.1, 0.15) is 39.0 Å². The number of guanidine groups is 1. The van der Waals surface area contributed by atoms with Crippen LogP contribution < -0.4 is 10.6 Å². The molecule has 0 unspecified atom stereocenters. The maximum Gasteiger partial charge on any atom is 0.191 e. The first-order valence-corrected chi connectivity index (χ1v) is 8.28. The summed E-state index contributed by atoms with van der Waals surface area (Å²) in [6.45, 7) is 6.85. The van der Waals surface area contributed by atoms with Crippen molar-refractivity contribution in [3.05, 3.63) is 0 Å². The van der Waals surface area contributed by atoms with E-state index in [-0.39, 0.29) is 0 Å². The molecule has 2 N–H and O–H groups in total. The lowest BCUT2D eigenvalue weighted by atomic mass is 9.67. The summed E-state index contributed by atoms with van der Waals surface area (Å²) in [5.74, 6) is 0.958. The van der Waals surface area contributed by atoms with Crippen molar-refractivity contribution < 1.29 is 4.74 Å². The van der Waals surface area contributed by atoms with Crippen LogP contribution in [0.3, 0.4) is 0 Å². The third kappa shape index (κ3) is 7.14. The van der Waals surface area contributed by atoms with Gasteiger partial charge in [0.25, 0.3) is 0 Å². The van der Waals surface area contributed by atoms with E-state index in [0.717, 1.165) is 51.6 Å². The Labute approximate surface area is 130 Å². The number of aliphatic imine (C=N–C) groups is 1. The summed E-state index contributed by atoms with van der Waals surface area (Å²) in [4.78, 5) is 7.01. The van der Waals surface area contributed by atoms with Gasteiger partial charge in [0, 0.05) is 33.4 Å². The van der Waals surface area contributed by atoms with Gasteiger partial charge < -0.3 is 20.3 Å². The highest BCUT2D eigenvalue weighted by atomic mass is 16.5. The molecular weight excluding hydrogens is 264 g/mol. The Morgan fingerprint density at radius 3 is 2.57 bits per heavy atom. The van der Waals surface area contributed by atoms with Gasteiger partial charge in [-0.15, -0.1) is 0 Å². The Kier molecular flexibility index (Phi) is 8.69. The summed E-state index contributed by atoms with van der Waals surface area (Å²) in [6.07, 6.45) is 6.19. The second kappa shape index (κ2) is 10.0. The number of rotatable bonds is 10. The smallest absolute Gasteiger partial charge is 0.191 e. The van der Waals surface area contributed by atoms with Gasteiger partial charge in [-0.3, -0.25) is 4.99 Å². The molecule has 1 aliphatic carbocycles. The Morgan fingerprint density at radius 2 is 2.05 bits per heavy atom. The zero-order chi connectivity index (χ0) is 15.6. The maximum absolute atomic E-state index is 5.25. The minimum Gasteiger partial charge on any atom is -0.385 e. The highest BCUT2D eigenvalue weighted by molar-refractivity contribution is 5.79. The number of nitrogens with one attached hydrogen (secondary N) is 2. The third-order valence-electron chi connectivity index (χ3n) is 4.24. The fourth-order valence-electron chi connectivity index (χ4n) is 2.67. The lowest BCUT2D eigenvalue weighted by molar-refractivity contribution is 0.0778. The Hall–Kier alpha value is -0.810. The van der Waals surface area contributed by atoms with Gasteiger partial charge in [0.2, 0.25) is 0 Å². The second-order valence-corrected chi connectivity index (χ2v) is 6.38. The van der Waals surface area contributed by atoms with E-state index in [0.29, 0.717) is 5.41 Å². The summed E-state index contributed by atoms with van der Waals surface area (Å²) in [5.41, 5.74) is 0.391. The van der Waals surface area contributed by atoms with E-state index in [2.05, 4.69) is 36.6 Å². The van der Waals surface area contributed by atoms with E-state index in [1.807, 2.05) is 0 Å². The molecule has 0 aromatic rings. The van der Waals surface area contributed by atoms with Crippen LogP contribution in [-0.4, -0.2) is 64.9 Å². The first-order chi connectivity index (χ1) is 10.1. The molecular formula is C16H34N4O. The van der Waals surface area contributed by atoms with E-state index in [1.165, 1.54) is 19.3 Å². The van der Waals surface area contributed by atoms with Gasteiger partial charge in [-0.1, -0.05) is 6.42 Å². The van der Waals surface area contributed by atoms with Crippen LogP contribution in [0.5, 0.6) is 0 Å². The molecule has 5 nitrogen and oxygen atoms in total. The highest BCUT2D eigenvalue weighted by Crippen LogP contribution is 2.44. The number of methoxy groups -OCH3 is 1. The van der Waals surface area contributed by atoms with Gasteiger partial charge in [0.05, 0.1) is 0 Å². The zero-order valence-electron chi connectivity index (χ0n) is 14.4. The van der Waals surface area contributed by atoms with Crippen molar-refractivity contribution >= 4 is 5.96 Å². The van der Waals surface area contributed by atoms with Crippen molar-refractivity contribution in [1.29, 1.82) is 0 Å². The molecule has 0 radical (unpaired) electrons. The molecule has 0 atom stereocenters. The molecule has 0 aliphatic heterocycles. The highest BCUT2D eigenvalue weighted by Gasteiger charge is 2.36. The molecule has 1 fully saturated rings. The fourth-order valence-corrected chi connectivity index (χ4v) is 2.67. The van der Waals surface area contributed by atoms with Crippen molar-refractivity contribution in [2.75, 3.05) is 54.0 Å². The molecule has 0 saturated heterocycles. The van der Waals surface area contributed by atoms with Crippen LogP contribution in [0, 0.1) is 5.41 Å². The van der Waals surface area contributed by atoms with Gasteiger partial charge in [-0.05, 0) is 58.7 Å². The van der Waals surface area contributed by atoms with Crippen molar-refractivity contribution in [3.63, 3.8) is 0 Å². The summed E-state index contributed by atoms with van der Waals surface area (Å²) in [5, 5.41) is 6.78. The molecule has 0 bridgehead atoms. The standard InChI is InChI=1S/C16H34N4O/c1-5-17-15(18-11-7-12-20(2)3)19-14-16(8-6-9-16)10-13-21-4/h5-14H2,1-4H3,(H2,17,18,19). The molecule has 1 saturated carbocycles. The predicted molar refractivity (Wildman–Crippen MR) is 89.9 cm³/mol. The SMILES string of the molecule is CCNC(=NCC1(CCOC)CCC1)NCCCN(C)C. The molecule has 0 aromatic heterocycles. The Balaban J connectivity index is 2.38. The summed E-state index contributed by atoms with van der Waals surface area (Å²) >= 11 is 0. The van der Waals surface area contributed by atoms with Gasteiger partial charge in [-0.2, -0.15) is 0 Å². The molecule has 1 rings (SSSR count). The average molecular weight is 298 g/mol. The molecule has 0 amide bonds. The normalized spacial score (nSPS) is 17.7. The Morgan fingerprint density at radius 1 is 1.29 bits per heavy atom. The molecule has 0 spiro atoms. The van der Waals surface area contributed by atoms with Gasteiger partial charge >= 0.3 is 0 Å². The zero-order valence-corrected chi connectivity index (χ0v) is 14.4. The van der Waals surface area contributed by atoms with Gasteiger partial charge in [0.15, 0.2) is 5.96 Å². The van der Waals surface area contributed by atoms with E-state index < -0.39 is 0 Å². The largest absolute Gasteiger partial charge is 0.385 e. The summed E-state index contributed by atoms with van der Waals surface area (Å²) < 4.78 is 5.25. The minimum atomic E-state index is 0.391. The molecule has 0 heterocycles.